The lowest BCUT2D eigenvalue weighted by molar-refractivity contribution is -0.134. The molecule has 0 aromatic heterocycles. The fourth-order valence-corrected chi connectivity index (χ4v) is 6.70. The fraction of sp³-hybridized carbons (Fsp3) is 0.324. The number of sulfonamides is 1. The Morgan fingerprint density at radius 2 is 1.65 bits per heavy atom. The standard InChI is InChI=1S/C37H43N3O7S/c1-26-22-40(27(2)25-41)37(42)21-29-20-30(38-48(43,44)34-17-15-31(45-4)16-18-34)12-19-35(29)47-36(26)24-39(3)23-28-10-13-33(14-11-28)46-32-8-6-5-7-9-32/h5-20,26-27,36,38,41H,21-25H2,1-4H3/t26-,27-,36-/m0/s1. The van der Waals surface area contributed by atoms with E-state index in [4.69, 9.17) is 14.2 Å². The number of aliphatic hydroxyl groups excluding tert-OH is 1. The number of anilines is 1. The first-order valence-corrected chi connectivity index (χ1v) is 17.4. The first-order chi connectivity index (χ1) is 23.0. The van der Waals surface area contributed by atoms with Gasteiger partial charge in [0.25, 0.3) is 10.0 Å². The zero-order valence-electron chi connectivity index (χ0n) is 27.7. The van der Waals surface area contributed by atoms with Crippen LogP contribution in [0, 0.1) is 5.92 Å². The monoisotopic (exact) mass is 673 g/mol. The number of aliphatic hydroxyl groups is 1. The Morgan fingerprint density at radius 1 is 0.979 bits per heavy atom. The van der Waals surface area contributed by atoms with Crippen molar-refractivity contribution >= 4 is 21.6 Å². The summed E-state index contributed by atoms with van der Waals surface area (Å²) >= 11 is 0. The molecule has 1 aliphatic rings. The molecule has 10 nitrogen and oxygen atoms in total. The number of rotatable bonds is 12. The van der Waals surface area contributed by atoms with Gasteiger partial charge in [0, 0.05) is 36.8 Å². The second-order valence-corrected chi connectivity index (χ2v) is 13.9. The third kappa shape index (κ3) is 8.85. The minimum absolute atomic E-state index is 0.00947. The van der Waals surface area contributed by atoms with E-state index in [2.05, 4.69) is 9.62 Å². The van der Waals surface area contributed by atoms with Crippen molar-refractivity contribution < 1.29 is 32.5 Å². The van der Waals surface area contributed by atoms with Gasteiger partial charge >= 0.3 is 0 Å². The van der Waals surface area contributed by atoms with Crippen LogP contribution in [0.3, 0.4) is 0 Å². The summed E-state index contributed by atoms with van der Waals surface area (Å²) in [6.45, 7) is 5.30. The van der Waals surface area contributed by atoms with Crippen molar-refractivity contribution in [3.8, 4) is 23.0 Å². The number of para-hydroxylation sites is 1. The Bertz CT molecular complexity index is 1770. The van der Waals surface area contributed by atoms with Gasteiger partial charge in [-0.25, -0.2) is 8.42 Å². The molecule has 1 amide bonds. The van der Waals surface area contributed by atoms with Crippen LogP contribution in [0.1, 0.15) is 25.0 Å². The number of likely N-dealkylation sites (N-methyl/N-ethyl adjacent to an activating group) is 1. The fourth-order valence-electron chi connectivity index (χ4n) is 5.65. The molecule has 4 aromatic carbocycles. The van der Waals surface area contributed by atoms with E-state index < -0.39 is 16.1 Å². The average Bonchev–Trinajstić information content (AvgIpc) is 3.12. The van der Waals surface area contributed by atoms with Crippen molar-refractivity contribution in [2.75, 3.05) is 38.6 Å². The lowest BCUT2D eigenvalue weighted by Gasteiger charge is -2.34. The number of amides is 1. The summed E-state index contributed by atoms with van der Waals surface area (Å²) in [7, 11) is -0.369. The van der Waals surface area contributed by atoms with E-state index in [1.165, 1.54) is 19.2 Å². The highest BCUT2D eigenvalue weighted by Gasteiger charge is 2.31. The van der Waals surface area contributed by atoms with E-state index in [9.17, 15) is 18.3 Å². The zero-order chi connectivity index (χ0) is 34.3. The number of carbonyl (C=O) groups excluding carboxylic acids is 1. The van der Waals surface area contributed by atoms with E-state index in [0.29, 0.717) is 42.4 Å². The zero-order valence-corrected chi connectivity index (χ0v) is 28.5. The molecule has 48 heavy (non-hydrogen) atoms. The third-order valence-electron chi connectivity index (χ3n) is 8.38. The van der Waals surface area contributed by atoms with Crippen LogP contribution in [-0.2, 0) is 27.8 Å². The van der Waals surface area contributed by atoms with Crippen LogP contribution in [0.15, 0.2) is 102 Å². The average molecular weight is 674 g/mol. The Hall–Kier alpha value is -4.58. The van der Waals surface area contributed by atoms with Gasteiger partial charge in [0.1, 0.15) is 29.1 Å². The SMILES string of the molecule is COc1ccc(S(=O)(=O)Nc2ccc3c(c2)CC(=O)N([C@@H](C)CO)C[C@H](C)[C@H](CN(C)Cc2ccc(Oc4ccccc4)cc2)O3)cc1. The largest absolute Gasteiger partial charge is 0.497 e. The summed E-state index contributed by atoms with van der Waals surface area (Å²) < 4.78 is 46.7. The Labute approximate surface area is 282 Å². The lowest BCUT2D eigenvalue weighted by Crippen LogP contribution is -2.47. The van der Waals surface area contributed by atoms with Crippen molar-refractivity contribution in [1.82, 2.24) is 9.80 Å². The number of carbonyl (C=O) groups is 1. The number of benzene rings is 4. The molecule has 0 bridgehead atoms. The van der Waals surface area contributed by atoms with E-state index >= 15 is 0 Å². The van der Waals surface area contributed by atoms with Crippen LogP contribution < -0.4 is 18.9 Å². The van der Waals surface area contributed by atoms with Crippen molar-refractivity contribution in [1.29, 1.82) is 0 Å². The van der Waals surface area contributed by atoms with Gasteiger partial charge in [-0.2, -0.15) is 0 Å². The van der Waals surface area contributed by atoms with Crippen LogP contribution in [0.2, 0.25) is 0 Å². The first-order valence-electron chi connectivity index (χ1n) is 15.9. The van der Waals surface area contributed by atoms with Gasteiger partial charge in [-0.05, 0) is 86.3 Å². The van der Waals surface area contributed by atoms with Crippen LogP contribution >= 0.6 is 0 Å². The predicted molar refractivity (Wildman–Crippen MR) is 185 cm³/mol. The molecule has 1 heterocycles. The maximum atomic E-state index is 13.6. The molecule has 0 saturated heterocycles. The van der Waals surface area contributed by atoms with Gasteiger partial charge in [-0.3, -0.25) is 14.4 Å². The molecule has 2 N–H and O–H groups in total. The molecule has 5 rings (SSSR count). The van der Waals surface area contributed by atoms with Crippen LogP contribution in [0.25, 0.3) is 0 Å². The molecule has 254 valence electrons. The maximum Gasteiger partial charge on any atom is 0.261 e. The van der Waals surface area contributed by atoms with Crippen molar-refractivity contribution in [2.45, 2.75) is 43.9 Å². The van der Waals surface area contributed by atoms with Crippen LogP contribution in [0.5, 0.6) is 23.0 Å². The minimum Gasteiger partial charge on any atom is -0.497 e. The summed E-state index contributed by atoms with van der Waals surface area (Å²) in [5, 5.41) is 9.98. The molecule has 0 radical (unpaired) electrons. The van der Waals surface area contributed by atoms with Gasteiger partial charge in [0.2, 0.25) is 5.91 Å². The molecule has 0 unspecified atom stereocenters. The molecular weight excluding hydrogens is 630 g/mol. The third-order valence-corrected chi connectivity index (χ3v) is 9.78. The van der Waals surface area contributed by atoms with E-state index in [0.717, 1.165) is 17.1 Å². The summed E-state index contributed by atoms with van der Waals surface area (Å²) in [6, 6.07) is 28.3. The summed E-state index contributed by atoms with van der Waals surface area (Å²) in [5.74, 6) is 2.34. The minimum atomic E-state index is -3.90. The van der Waals surface area contributed by atoms with Gasteiger partial charge in [0.05, 0.1) is 31.1 Å². The van der Waals surface area contributed by atoms with Gasteiger partial charge in [-0.15, -0.1) is 0 Å². The number of fused-ring (bicyclic) bond motifs is 1. The lowest BCUT2D eigenvalue weighted by atomic mass is 10.0. The van der Waals surface area contributed by atoms with Crippen LogP contribution in [0.4, 0.5) is 5.69 Å². The van der Waals surface area contributed by atoms with Crippen molar-refractivity contribution in [2.24, 2.45) is 5.92 Å². The summed E-state index contributed by atoms with van der Waals surface area (Å²) in [6.07, 6.45) is -0.319. The molecule has 1 aliphatic heterocycles. The van der Waals surface area contributed by atoms with Crippen molar-refractivity contribution in [3.05, 3.63) is 108 Å². The van der Waals surface area contributed by atoms with E-state index in [1.54, 1.807) is 35.2 Å². The molecule has 4 aromatic rings. The molecule has 3 atom stereocenters. The molecule has 0 spiro atoms. The Morgan fingerprint density at radius 3 is 2.31 bits per heavy atom. The second-order valence-electron chi connectivity index (χ2n) is 12.2. The topological polar surface area (TPSA) is 118 Å². The number of hydrogen-bond acceptors (Lipinski definition) is 8. The first kappa shape index (κ1) is 34.7. The molecular formula is C37H43N3O7S. The highest BCUT2D eigenvalue weighted by atomic mass is 32.2. The number of nitrogens with one attached hydrogen (secondary N) is 1. The number of ether oxygens (including phenoxy) is 3. The highest BCUT2D eigenvalue weighted by molar-refractivity contribution is 7.92. The second kappa shape index (κ2) is 15.5. The van der Waals surface area contributed by atoms with Gasteiger partial charge in [0.15, 0.2) is 0 Å². The Balaban J connectivity index is 1.34. The smallest absolute Gasteiger partial charge is 0.261 e. The summed E-state index contributed by atoms with van der Waals surface area (Å²) in [4.78, 5) is 17.6. The van der Waals surface area contributed by atoms with Crippen molar-refractivity contribution in [3.63, 3.8) is 0 Å². The predicted octanol–water partition coefficient (Wildman–Crippen LogP) is 5.57. The Kier molecular flexibility index (Phi) is 11.3. The number of methoxy groups -OCH3 is 1. The van der Waals surface area contributed by atoms with E-state index in [1.807, 2.05) is 75.5 Å². The van der Waals surface area contributed by atoms with Gasteiger partial charge < -0.3 is 24.2 Å². The summed E-state index contributed by atoms with van der Waals surface area (Å²) in [5.41, 5.74) is 1.97. The molecule has 11 heteroatoms. The molecule has 0 saturated carbocycles. The normalized spacial score (nSPS) is 17.4. The number of hydrogen-bond donors (Lipinski definition) is 2. The molecule has 0 fully saturated rings. The molecule has 0 aliphatic carbocycles. The highest BCUT2D eigenvalue weighted by Crippen LogP contribution is 2.31. The van der Waals surface area contributed by atoms with E-state index in [-0.39, 0.29) is 35.9 Å². The van der Waals surface area contributed by atoms with Crippen LogP contribution in [-0.4, -0.2) is 75.2 Å². The van der Waals surface area contributed by atoms with Gasteiger partial charge in [-0.1, -0.05) is 37.3 Å². The maximum absolute atomic E-state index is 13.6. The quantitative estimate of drug-likeness (QED) is 0.201. The number of nitrogens with zero attached hydrogens (tertiary/aromatic N) is 2.